The summed E-state index contributed by atoms with van der Waals surface area (Å²) in [6.07, 6.45) is 8.41. The molecular formula is C14H30O. The zero-order valence-corrected chi connectivity index (χ0v) is 11.1. The van der Waals surface area contributed by atoms with Crippen LogP contribution in [-0.4, -0.2) is 11.2 Å². The summed E-state index contributed by atoms with van der Waals surface area (Å²) < 4.78 is 0. The minimum atomic E-state index is -0.0622. The normalized spacial score (nSPS) is 15.6. The summed E-state index contributed by atoms with van der Waals surface area (Å²) in [6.45, 7) is 8.99. The van der Waals surface area contributed by atoms with Crippen molar-refractivity contribution in [1.29, 1.82) is 0 Å². The van der Waals surface area contributed by atoms with Crippen LogP contribution in [0.5, 0.6) is 0 Å². The van der Waals surface area contributed by atoms with Gasteiger partial charge in [-0.1, -0.05) is 59.8 Å². The summed E-state index contributed by atoms with van der Waals surface area (Å²) in [5.74, 6) is 1.69. The van der Waals surface area contributed by atoms with E-state index in [4.69, 9.17) is 0 Å². The maximum absolute atomic E-state index is 9.42. The van der Waals surface area contributed by atoms with E-state index in [9.17, 15) is 5.11 Å². The van der Waals surface area contributed by atoms with E-state index in [-0.39, 0.29) is 6.10 Å². The molecule has 15 heavy (non-hydrogen) atoms. The maximum Gasteiger partial charge on any atom is 0.0537 e. The molecule has 0 aliphatic carbocycles. The van der Waals surface area contributed by atoms with Gasteiger partial charge in [0.1, 0.15) is 0 Å². The van der Waals surface area contributed by atoms with Crippen molar-refractivity contribution in [2.75, 3.05) is 0 Å². The third-order valence-electron chi connectivity index (χ3n) is 3.18. The van der Waals surface area contributed by atoms with E-state index in [1.54, 1.807) is 0 Å². The minimum absolute atomic E-state index is 0.0622. The van der Waals surface area contributed by atoms with Crippen LogP contribution in [0.2, 0.25) is 0 Å². The largest absolute Gasteiger partial charge is 0.393 e. The van der Waals surface area contributed by atoms with Crippen molar-refractivity contribution in [2.45, 2.75) is 78.7 Å². The summed E-state index contributed by atoms with van der Waals surface area (Å²) >= 11 is 0. The maximum atomic E-state index is 9.42. The van der Waals surface area contributed by atoms with Gasteiger partial charge in [0, 0.05) is 0 Å². The second-order valence-corrected chi connectivity index (χ2v) is 5.42. The Labute approximate surface area is 96.3 Å². The predicted octanol–water partition coefficient (Wildman–Crippen LogP) is 4.39. The van der Waals surface area contributed by atoms with Crippen molar-refractivity contribution in [3.8, 4) is 0 Å². The van der Waals surface area contributed by atoms with E-state index in [0.717, 1.165) is 24.7 Å². The number of aliphatic hydroxyl groups is 1. The standard InChI is InChI=1S/C14H30O/c1-5-14(15)11-7-10-13(4)9-6-8-12(2)3/h12-15H,5-11H2,1-4H3. The lowest BCUT2D eigenvalue weighted by molar-refractivity contribution is 0.154. The van der Waals surface area contributed by atoms with Gasteiger partial charge in [0.25, 0.3) is 0 Å². The van der Waals surface area contributed by atoms with E-state index in [2.05, 4.69) is 27.7 Å². The Bertz CT molecular complexity index is 131. The molecule has 2 atom stereocenters. The van der Waals surface area contributed by atoms with Crippen LogP contribution in [0.3, 0.4) is 0 Å². The van der Waals surface area contributed by atoms with Gasteiger partial charge < -0.3 is 5.11 Å². The predicted molar refractivity (Wildman–Crippen MR) is 68.0 cm³/mol. The fraction of sp³-hybridized carbons (Fsp3) is 1.00. The van der Waals surface area contributed by atoms with Crippen molar-refractivity contribution in [1.82, 2.24) is 0 Å². The van der Waals surface area contributed by atoms with Crippen LogP contribution < -0.4 is 0 Å². The van der Waals surface area contributed by atoms with E-state index in [1.165, 1.54) is 32.1 Å². The fourth-order valence-electron chi connectivity index (χ4n) is 1.92. The van der Waals surface area contributed by atoms with Crippen LogP contribution in [0, 0.1) is 11.8 Å². The molecule has 1 heteroatoms. The molecule has 0 rings (SSSR count). The molecule has 0 saturated carbocycles. The number of hydrogen-bond donors (Lipinski definition) is 1. The van der Waals surface area contributed by atoms with Gasteiger partial charge in [0.2, 0.25) is 0 Å². The Morgan fingerprint density at radius 3 is 1.87 bits per heavy atom. The Hall–Kier alpha value is -0.0400. The van der Waals surface area contributed by atoms with Gasteiger partial charge in [-0.3, -0.25) is 0 Å². The lowest BCUT2D eigenvalue weighted by Gasteiger charge is -2.13. The molecule has 0 saturated heterocycles. The molecule has 0 bridgehead atoms. The van der Waals surface area contributed by atoms with Gasteiger partial charge >= 0.3 is 0 Å². The van der Waals surface area contributed by atoms with Gasteiger partial charge in [-0.05, 0) is 24.7 Å². The molecule has 0 spiro atoms. The van der Waals surface area contributed by atoms with E-state index >= 15 is 0 Å². The van der Waals surface area contributed by atoms with Gasteiger partial charge in [0.05, 0.1) is 6.10 Å². The number of aliphatic hydroxyl groups excluding tert-OH is 1. The monoisotopic (exact) mass is 214 g/mol. The van der Waals surface area contributed by atoms with E-state index in [1.807, 2.05) is 0 Å². The smallest absolute Gasteiger partial charge is 0.0537 e. The minimum Gasteiger partial charge on any atom is -0.393 e. The molecule has 0 aromatic rings. The third kappa shape index (κ3) is 10.2. The first-order chi connectivity index (χ1) is 7.06. The highest BCUT2D eigenvalue weighted by atomic mass is 16.3. The average molecular weight is 214 g/mol. The molecule has 0 aliphatic heterocycles. The SMILES string of the molecule is CCC(O)CCCC(C)CCCC(C)C. The number of hydrogen-bond acceptors (Lipinski definition) is 1. The highest BCUT2D eigenvalue weighted by Gasteiger charge is 2.05. The molecule has 0 radical (unpaired) electrons. The van der Waals surface area contributed by atoms with Crippen molar-refractivity contribution < 1.29 is 5.11 Å². The zero-order valence-electron chi connectivity index (χ0n) is 11.1. The summed E-state index contributed by atoms with van der Waals surface area (Å²) in [5, 5.41) is 9.42. The van der Waals surface area contributed by atoms with Crippen molar-refractivity contribution >= 4 is 0 Å². The topological polar surface area (TPSA) is 20.2 Å². The lowest BCUT2D eigenvalue weighted by Crippen LogP contribution is -2.05. The zero-order chi connectivity index (χ0) is 11.7. The second kappa shape index (κ2) is 9.21. The fourth-order valence-corrected chi connectivity index (χ4v) is 1.92. The van der Waals surface area contributed by atoms with Crippen LogP contribution in [0.4, 0.5) is 0 Å². The molecule has 1 N–H and O–H groups in total. The quantitative estimate of drug-likeness (QED) is 0.603. The lowest BCUT2D eigenvalue weighted by atomic mass is 9.94. The summed E-state index contributed by atoms with van der Waals surface area (Å²) in [5.41, 5.74) is 0. The van der Waals surface area contributed by atoms with Gasteiger partial charge in [-0.15, -0.1) is 0 Å². The molecule has 0 aromatic heterocycles. The van der Waals surface area contributed by atoms with Crippen molar-refractivity contribution in [2.24, 2.45) is 11.8 Å². The molecule has 1 nitrogen and oxygen atoms in total. The molecule has 0 aromatic carbocycles. The van der Waals surface area contributed by atoms with E-state index < -0.39 is 0 Å². The second-order valence-electron chi connectivity index (χ2n) is 5.42. The Morgan fingerprint density at radius 2 is 1.40 bits per heavy atom. The highest BCUT2D eigenvalue weighted by Crippen LogP contribution is 2.18. The summed E-state index contributed by atoms with van der Waals surface area (Å²) in [7, 11) is 0. The number of rotatable bonds is 9. The molecule has 2 unspecified atom stereocenters. The Balaban J connectivity index is 3.29. The molecule has 0 aliphatic rings. The van der Waals surface area contributed by atoms with E-state index in [0.29, 0.717) is 0 Å². The molecule has 92 valence electrons. The molecule has 0 fully saturated rings. The Morgan fingerprint density at radius 1 is 0.867 bits per heavy atom. The van der Waals surface area contributed by atoms with Crippen LogP contribution in [-0.2, 0) is 0 Å². The van der Waals surface area contributed by atoms with Crippen molar-refractivity contribution in [3.63, 3.8) is 0 Å². The van der Waals surface area contributed by atoms with Crippen LogP contribution >= 0.6 is 0 Å². The molecular weight excluding hydrogens is 184 g/mol. The van der Waals surface area contributed by atoms with Crippen molar-refractivity contribution in [3.05, 3.63) is 0 Å². The first-order valence-corrected chi connectivity index (χ1v) is 6.74. The first-order valence-electron chi connectivity index (χ1n) is 6.74. The van der Waals surface area contributed by atoms with Crippen LogP contribution in [0.15, 0.2) is 0 Å². The third-order valence-corrected chi connectivity index (χ3v) is 3.18. The van der Waals surface area contributed by atoms with Crippen LogP contribution in [0.1, 0.15) is 72.6 Å². The van der Waals surface area contributed by atoms with Gasteiger partial charge in [-0.2, -0.15) is 0 Å². The van der Waals surface area contributed by atoms with Gasteiger partial charge in [0.15, 0.2) is 0 Å². The average Bonchev–Trinajstić information content (AvgIpc) is 2.17. The highest BCUT2D eigenvalue weighted by molar-refractivity contribution is 4.58. The first kappa shape index (κ1) is 15.0. The Kier molecular flexibility index (Phi) is 9.18. The molecule has 0 heterocycles. The summed E-state index contributed by atoms with van der Waals surface area (Å²) in [6, 6.07) is 0. The summed E-state index contributed by atoms with van der Waals surface area (Å²) in [4.78, 5) is 0. The van der Waals surface area contributed by atoms with Gasteiger partial charge in [-0.25, -0.2) is 0 Å². The van der Waals surface area contributed by atoms with Crippen LogP contribution in [0.25, 0.3) is 0 Å². The molecule has 0 amide bonds.